The minimum atomic E-state index is -0.254. The third-order valence-electron chi connectivity index (χ3n) is 4.27. The summed E-state index contributed by atoms with van der Waals surface area (Å²) in [7, 11) is 3.43. The van der Waals surface area contributed by atoms with Crippen LogP contribution in [0.1, 0.15) is 18.6 Å². The molecule has 1 aliphatic rings. The van der Waals surface area contributed by atoms with Crippen LogP contribution in [0.4, 0.5) is 4.79 Å². The van der Waals surface area contributed by atoms with Crippen LogP contribution in [0.25, 0.3) is 0 Å². The molecular formula is C18H28ClIN4O3. The highest BCUT2D eigenvalue weighted by Crippen LogP contribution is 2.19. The first kappa shape index (κ1) is 23.8. The van der Waals surface area contributed by atoms with Crippen LogP contribution in [0.5, 0.6) is 0 Å². The van der Waals surface area contributed by atoms with Crippen molar-refractivity contribution >= 4 is 47.6 Å². The van der Waals surface area contributed by atoms with Gasteiger partial charge >= 0.3 is 6.09 Å². The molecule has 1 fully saturated rings. The number of ether oxygens (including phenoxy) is 2. The first-order valence-electron chi connectivity index (χ1n) is 8.74. The number of guanidine groups is 1. The van der Waals surface area contributed by atoms with Gasteiger partial charge in [-0.05, 0) is 24.6 Å². The van der Waals surface area contributed by atoms with Crippen molar-refractivity contribution in [2.75, 3.05) is 53.5 Å². The van der Waals surface area contributed by atoms with E-state index in [-0.39, 0.29) is 36.2 Å². The van der Waals surface area contributed by atoms with Gasteiger partial charge in [0.1, 0.15) is 0 Å². The predicted octanol–water partition coefficient (Wildman–Crippen LogP) is 3.00. The number of carbonyl (C=O) groups is 1. The number of methoxy groups -OCH3 is 1. The van der Waals surface area contributed by atoms with E-state index < -0.39 is 0 Å². The maximum absolute atomic E-state index is 11.8. The second-order valence-corrected chi connectivity index (χ2v) is 6.32. The fourth-order valence-corrected chi connectivity index (χ4v) is 3.07. The molecule has 1 atom stereocenters. The molecule has 0 radical (unpaired) electrons. The van der Waals surface area contributed by atoms with Crippen LogP contribution >= 0.6 is 35.6 Å². The summed E-state index contributed by atoms with van der Waals surface area (Å²) >= 11 is 6.07. The Labute approximate surface area is 183 Å². The molecule has 0 aromatic heterocycles. The summed E-state index contributed by atoms with van der Waals surface area (Å²) in [5, 5.41) is 4.03. The molecule has 2 rings (SSSR count). The van der Waals surface area contributed by atoms with Crippen molar-refractivity contribution < 1.29 is 14.3 Å². The zero-order valence-electron chi connectivity index (χ0n) is 16.0. The fraction of sp³-hybridized carbons (Fsp3) is 0.556. The lowest BCUT2D eigenvalue weighted by molar-refractivity contribution is 0.0901. The molecule has 1 N–H and O–H groups in total. The maximum Gasteiger partial charge on any atom is 0.409 e. The summed E-state index contributed by atoms with van der Waals surface area (Å²) in [4.78, 5) is 20.0. The number of halogens is 2. The number of aliphatic imine (C=N–C) groups is 1. The van der Waals surface area contributed by atoms with Crippen LogP contribution in [-0.4, -0.2) is 75.3 Å². The van der Waals surface area contributed by atoms with Gasteiger partial charge in [0.05, 0.1) is 12.7 Å². The molecular weight excluding hydrogens is 483 g/mol. The minimum Gasteiger partial charge on any atom is -0.450 e. The predicted molar refractivity (Wildman–Crippen MR) is 118 cm³/mol. The Morgan fingerprint density at radius 1 is 1.30 bits per heavy atom. The first-order chi connectivity index (χ1) is 12.6. The van der Waals surface area contributed by atoms with Crippen LogP contribution in [0, 0.1) is 0 Å². The fourth-order valence-electron chi connectivity index (χ4n) is 2.88. The molecule has 0 saturated carbocycles. The van der Waals surface area contributed by atoms with Gasteiger partial charge in [0, 0.05) is 51.9 Å². The number of nitrogens with zero attached hydrogens (tertiary/aromatic N) is 3. The first-order valence-corrected chi connectivity index (χ1v) is 9.12. The van der Waals surface area contributed by atoms with Crippen LogP contribution in [0.15, 0.2) is 29.3 Å². The summed E-state index contributed by atoms with van der Waals surface area (Å²) < 4.78 is 10.6. The van der Waals surface area contributed by atoms with Gasteiger partial charge in [0.25, 0.3) is 0 Å². The molecule has 152 valence electrons. The summed E-state index contributed by atoms with van der Waals surface area (Å²) in [5.74, 6) is 0.789. The maximum atomic E-state index is 11.8. The normalized spacial score (nSPS) is 15.8. The molecule has 1 amide bonds. The van der Waals surface area contributed by atoms with Crippen LogP contribution in [0.3, 0.4) is 0 Å². The van der Waals surface area contributed by atoms with E-state index in [1.165, 1.54) is 0 Å². The average Bonchev–Trinajstić information content (AvgIpc) is 2.66. The Bertz CT molecular complexity index is 624. The zero-order valence-corrected chi connectivity index (χ0v) is 19.1. The Morgan fingerprint density at radius 3 is 2.52 bits per heavy atom. The lowest BCUT2D eigenvalue weighted by Gasteiger charge is -2.36. The smallest absolute Gasteiger partial charge is 0.409 e. The van der Waals surface area contributed by atoms with Crippen molar-refractivity contribution in [3.05, 3.63) is 34.9 Å². The number of carbonyl (C=O) groups excluding carboxylic acids is 1. The minimum absolute atomic E-state index is 0. The number of hydrogen-bond acceptors (Lipinski definition) is 4. The van der Waals surface area contributed by atoms with Crippen molar-refractivity contribution in [2.45, 2.75) is 13.0 Å². The van der Waals surface area contributed by atoms with Crippen molar-refractivity contribution in [3.63, 3.8) is 0 Å². The molecule has 9 heteroatoms. The molecule has 1 saturated heterocycles. The zero-order chi connectivity index (χ0) is 18.9. The number of piperazine rings is 1. The molecule has 1 aromatic carbocycles. The highest BCUT2D eigenvalue weighted by molar-refractivity contribution is 14.0. The number of amides is 1. The van der Waals surface area contributed by atoms with Gasteiger partial charge in [-0.3, -0.25) is 4.99 Å². The number of hydrogen-bond donors (Lipinski definition) is 1. The van der Waals surface area contributed by atoms with Gasteiger partial charge in [-0.2, -0.15) is 0 Å². The number of nitrogens with one attached hydrogen (secondary N) is 1. The highest BCUT2D eigenvalue weighted by atomic mass is 127. The van der Waals surface area contributed by atoms with E-state index in [0.717, 1.165) is 11.5 Å². The Hall–Kier alpha value is -1.26. The Kier molecular flexibility index (Phi) is 10.8. The lowest BCUT2D eigenvalue weighted by atomic mass is 10.1. The summed E-state index contributed by atoms with van der Waals surface area (Å²) in [6.07, 6.45) is -0.387. The van der Waals surface area contributed by atoms with E-state index in [4.69, 9.17) is 21.1 Å². The van der Waals surface area contributed by atoms with Gasteiger partial charge in [0.15, 0.2) is 5.96 Å². The van der Waals surface area contributed by atoms with E-state index >= 15 is 0 Å². The molecule has 7 nitrogen and oxygen atoms in total. The van der Waals surface area contributed by atoms with Crippen LogP contribution in [0.2, 0.25) is 5.02 Å². The molecule has 27 heavy (non-hydrogen) atoms. The molecule has 1 aliphatic heterocycles. The van der Waals surface area contributed by atoms with E-state index in [9.17, 15) is 4.79 Å². The van der Waals surface area contributed by atoms with Gasteiger partial charge in [-0.15, -0.1) is 24.0 Å². The van der Waals surface area contributed by atoms with Crippen molar-refractivity contribution in [1.29, 1.82) is 0 Å². The SMILES string of the molecule is CCOC(=O)N1CCN(C(=NC)NCC(OC)c2cccc(Cl)c2)CC1.I. The van der Waals surface area contributed by atoms with Crippen molar-refractivity contribution in [2.24, 2.45) is 4.99 Å². The van der Waals surface area contributed by atoms with Gasteiger partial charge in [-0.1, -0.05) is 23.7 Å². The van der Waals surface area contributed by atoms with Crippen LogP contribution in [-0.2, 0) is 9.47 Å². The van der Waals surface area contributed by atoms with Gasteiger partial charge in [-0.25, -0.2) is 4.79 Å². The second-order valence-electron chi connectivity index (χ2n) is 5.88. The van der Waals surface area contributed by atoms with Crippen LogP contribution < -0.4 is 5.32 Å². The molecule has 1 unspecified atom stereocenters. The molecule has 1 heterocycles. The lowest BCUT2D eigenvalue weighted by Crippen LogP contribution is -2.54. The largest absolute Gasteiger partial charge is 0.450 e. The third kappa shape index (κ3) is 7.00. The van der Waals surface area contributed by atoms with Gasteiger partial charge in [0.2, 0.25) is 0 Å². The second kappa shape index (κ2) is 12.2. The molecule has 1 aromatic rings. The quantitative estimate of drug-likeness (QED) is 0.375. The summed E-state index contributed by atoms with van der Waals surface area (Å²) in [5.41, 5.74) is 1.01. The van der Waals surface area contributed by atoms with Gasteiger partial charge < -0.3 is 24.6 Å². The summed E-state index contributed by atoms with van der Waals surface area (Å²) in [6, 6.07) is 7.64. The summed E-state index contributed by atoms with van der Waals surface area (Å²) in [6.45, 7) is 5.40. The monoisotopic (exact) mass is 510 g/mol. The van der Waals surface area contributed by atoms with E-state index in [1.807, 2.05) is 31.2 Å². The Balaban J connectivity index is 0.00000364. The standard InChI is InChI=1S/C18H27ClN4O3.HI/c1-4-26-18(24)23-10-8-22(9-11-23)17(20-2)21-13-16(25-3)14-6-5-7-15(19)12-14;/h5-7,12,16H,4,8-11,13H2,1-3H3,(H,20,21);1H. The third-order valence-corrected chi connectivity index (χ3v) is 4.50. The Morgan fingerprint density at radius 2 is 1.96 bits per heavy atom. The topological polar surface area (TPSA) is 66.4 Å². The van der Waals surface area contributed by atoms with Crippen molar-refractivity contribution in [1.82, 2.24) is 15.1 Å². The molecule has 0 bridgehead atoms. The van der Waals surface area contributed by atoms with Crippen molar-refractivity contribution in [3.8, 4) is 0 Å². The number of rotatable bonds is 5. The van der Waals surface area contributed by atoms with E-state index in [1.54, 1.807) is 19.1 Å². The molecule has 0 spiro atoms. The van der Waals surface area contributed by atoms with E-state index in [2.05, 4.69) is 15.2 Å². The molecule has 0 aliphatic carbocycles. The number of benzene rings is 1. The highest BCUT2D eigenvalue weighted by Gasteiger charge is 2.24. The average molecular weight is 511 g/mol. The van der Waals surface area contributed by atoms with E-state index in [0.29, 0.717) is 44.4 Å².